The molecule has 1 fully saturated rings. The van der Waals surface area contributed by atoms with Gasteiger partial charge in [-0.15, -0.1) is 0 Å². The van der Waals surface area contributed by atoms with Crippen molar-refractivity contribution < 1.29 is 27.3 Å². The number of aromatic amines is 1. The molecule has 1 saturated heterocycles. The topological polar surface area (TPSA) is 118 Å². The number of nitrogens with one attached hydrogen (secondary N) is 1. The fourth-order valence-electron chi connectivity index (χ4n) is 3.92. The second-order valence-electron chi connectivity index (χ2n) is 11.6. The van der Waals surface area contributed by atoms with Gasteiger partial charge in [0.1, 0.15) is 29.9 Å². The van der Waals surface area contributed by atoms with E-state index in [-0.39, 0.29) is 29.6 Å². The lowest BCUT2D eigenvalue weighted by Crippen LogP contribution is -2.44. The van der Waals surface area contributed by atoms with Crippen LogP contribution in [-0.2, 0) is 18.3 Å². The van der Waals surface area contributed by atoms with Crippen LogP contribution in [0.2, 0.25) is 28.2 Å². The molecule has 10 nitrogen and oxygen atoms in total. The van der Waals surface area contributed by atoms with Gasteiger partial charge in [0, 0.05) is 28.2 Å². The van der Waals surface area contributed by atoms with E-state index in [1.807, 2.05) is 0 Å². The van der Waals surface area contributed by atoms with Crippen molar-refractivity contribution >= 4 is 39.3 Å². The minimum atomic E-state index is -4.38. The average Bonchev–Trinajstić information content (AvgIpc) is 3.29. The summed E-state index contributed by atoms with van der Waals surface area (Å²) in [5, 5.41) is 0.848. The number of benzene rings is 2. The van der Waals surface area contributed by atoms with Crippen LogP contribution in [0.4, 0.5) is 0 Å². The van der Waals surface area contributed by atoms with Crippen molar-refractivity contribution in [2.24, 2.45) is 0 Å². The predicted molar refractivity (Wildman–Crippen MR) is 164 cm³/mol. The van der Waals surface area contributed by atoms with Gasteiger partial charge in [0.25, 0.3) is 5.56 Å². The molecule has 0 saturated carbocycles. The molecule has 1 aromatic heterocycles. The molecule has 0 radical (unpaired) electrons. The van der Waals surface area contributed by atoms with Gasteiger partial charge in [0.2, 0.25) is 0 Å². The Kier molecular flexibility index (Phi) is 9.84. The number of rotatable bonds is 10. The molecule has 0 bridgehead atoms. The van der Waals surface area contributed by atoms with E-state index in [0.29, 0.717) is 15.6 Å². The van der Waals surface area contributed by atoms with Crippen molar-refractivity contribution in [1.29, 1.82) is 0 Å². The summed E-state index contributed by atoms with van der Waals surface area (Å²) in [4.78, 5) is 27.0. The summed E-state index contributed by atoms with van der Waals surface area (Å²) in [7, 11) is -6.61. The van der Waals surface area contributed by atoms with Crippen LogP contribution < -0.4 is 20.3 Å². The van der Waals surface area contributed by atoms with Crippen molar-refractivity contribution in [3.05, 3.63) is 91.2 Å². The Morgan fingerprint density at radius 3 is 2.02 bits per heavy atom. The number of phosphoric ester groups is 1. The van der Waals surface area contributed by atoms with Crippen LogP contribution in [0.5, 0.6) is 11.5 Å². The van der Waals surface area contributed by atoms with Gasteiger partial charge < -0.3 is 18.2 Å². The number of phosphoric acid groups is 1. The van der Waals surface area contributed by atoms with E-state index in [4.69, 9.17) is 45.9 Å². The maximum absolute atomic E-state index is 14.3. The van der Waals surface area contributed by atoms with Gasteiger partial charge >= 0.3 is 13.5 Å². The Balaban J connectivity index is 1.67. The number of aromatic nitrogens is 2. The molecule has 1 N–H and O–H groups in total. The molecule has 228 valence electrons. The number of H-pyrrole nitrogens is 1. The Morgan fingerprint density at radius 2 is 1.52 bits per heavy atom. The van der Waals surface area contributed by atoms with E-state index in [9.17, 15) is 14.2 Å². The highest BCUT2D eigenvalue weighted by molar-refractivity contribution is 7.49. The van der Waals surface area contributed by atoms with Gasteiger partial charge in [-0.05, 0) is 73.6 Å². The van der Waals surface area contributed by atoms with Crippen molar-refractivity contribution in [3.8, 4) is 11.5 Å². The molecule has 2 aromatic carbocycles. The maximum atomic E-state index is 14.3. The second kappa shape index (κ2) is 12.7. The molecular formula is C28H35Cl2N2O8PSi. The first-order valence-electron chi connectivity index (χ1n) is 13.4. The number of hydrogen-bond donors (Lipinski definition) is 1. The highest BCUT2D eigenvalue weighted by Gasteiger charge is 2.46. The van der Waals surface area contributed by atoms with Crippen molar-refractivity contribution in [3.63, 3.8) is 0 Å². The lowest BCUT2D eigenvalue weighted by Gasteiger charge is -2.37. The summed E-state index contributed by atoms with van der Waals surface area (Å²) in [5.74, 6) is 0.405. The van der Waals surface area contributed by atoms with Crippen LogP contribution in [-0.4, -0.2) is 36.7 Å². The van der Waals surface area contributed by atoms with E-state index in [1.54, 1.807) is 31.2 Å². The van der Waals surface area contributed by atoms with E-state index in [1.165, 1.54) is 35.0 Å². The van der Waals surface area contributed by atoms with Crippen LogP contribution in [0.25, 0.3) is 0 Å². The molecule has 0 amide bonds. The fourth-order valence-corrected chi connectivity index (χ4v) is 6.62. The van der Waals surface area contributed by atoms with Gasteiger partial charge in [-0.3, -0.25) is 18.9 Å². The molecule has 42 heavy (non-hydrogen) atoms. The largest absolute Gasteiger partial charge is 0.587 e. The van der Waals surface area contributed by atoms with Crippen LogP contribution in [0.1, 0.15) is 39.0 Å². The number of halogens is 2. The summed E-state index contributed by atoms with van der Waals surface area (Å²) in [5.41, 5.74) is -0.796. The Labute approximate surface area is 255 Å². The summed E-state index contributed by atoms with van der Waals surface area (Å²) in [6, 6.07) is 12.5. The third-order valence-corrected chi connectivity index (χ3v) is 13.8. The quantitative estimate of drug-likeness (QED) is 0.181. The molecule has 0 spiro atoms. The smallest absolute Gasteiger partial charge is 0.414 e. The molecule has 3 aromatic rings. The first kappa shape index (κ1) is 32.5. The molecule has 1 aliphatic rings. The van der Waals surface area contributed by atoms with Crippen molar-refractivity contribution in [2.45, 2.75) is 70.7 Å². The normalized spacial score (nSPS) is 19.6. The van der Waals surface area contributed by atoms with E-state index in [0.717, 1.165) is 0 Å². The van der Waals surface area contributed by atoms with Gasteiger partial charge in [-0.1, -0.05) is 44.0 Å². The van der Waals surface area contributed by atoms with Gasteiger partial charge in [0.05, 0.1) is 6.61 Å². The van der Waals surface area contributed by atoms with Crippen LogP contribution >= 0.6 is 31.0 Å². The first-order chi connectivity index (χ1) is 19.5. The third kappa shape index (κ3) is 7.96. The highest BCUT2D eigenvalue weighted by atomic mass is 35.5. The standard InChI is InChI=1S/C28H35Cl2N2O8PSi/c1-18-16-32(27(34)31-26(18)33)25-15-23(24(37-25)17-36-42(5,6)28(2,3)4)40-41(35,38-21-11-7-19(29)8-12-21)39-22-13-9-20(30)10-14-22/h7-14,16,23-25H,15,17H2,1-6H3,(H,31,33,34)/t23-,24+,25+/m0/s1. The molecule has 14 heteroatoms. The fraction of sp³-hybridized carbons (Fsp3) is 0.429. The predicted octanol–water partition coefficient (Wildman–Crippen LogP) is 7.11. The number of aryl methyl sites for hydroxylation is 1. The highest BCUT2D eigenvalue weighted by Crippen LogP contribution is 2.53. The zero-order valence-electron chi connectivity index (χ0n) is 24.3. The Hall–Kier alpha value is -2.37. The van der Waals surface area contributed by atoms with E-state index in [2.05, 4.69) is 38.8 Å². The molecule has 0 unspecified atom stereocenters. The number of ether oxygens (including phenoxy) is 1. The maximum Gasteiger partial charge on any atom is 0.587 e. The van der Waals surface area contributed by atoms with Gasteiger partial charge in [-0.25, -0.2) is 9.36 Å². The van der Waals surface area contributed by atoms with Crippen LogP contribution in [0, 0.1) is 6.92 Å². The van der Waals surface area contributed by atoms with Crippen molar-refractivity contribution in [2.75, 3.05) is 6.61 Å². The lowest BCUT2D eigenvalue weighted by molar-refractivity contribution is -0.0421. The minimum absolute atomic E-state index is 0.0843. The summed E-state index contributed by atoms with van der Waals surface area (Å²) >= 11 is 12.0. The monoisotopic (exact) mass is 656 g/mol. The molecule has 3 atom stereocenters. The third-order valence-electron chi connectivity index (χ3n) is 7.38. The Morgan fingerprint density at radius 1 is 1.00 bits per heavy atom. The van der Waals surface area contributed by atoms with Gasteiger partial charge in [-0.2, -0.15) is 0 Å². The second-order valence-corrected chi connectivity index (χ2v) is 18.7. The van der Waals surface area contributed by atoms with E-state index >= 15 is 0 Å². The summed E-state index contributed by atoms with van der Waals surface area (Å²) < 4.78 is 46.0. The van der Waals surface area contributed by atoms with E-state index < -0.39 is 45.8 Å². The zero-order chi connectivity index (χ0) is 30.9. The molecular weight excluding hydrogens is 622 g/mol. The first-order valence-corrected chi connectivity index (χ1v) is 18.5. The molecule has 2 heterocycles. The van der Waals surface area contributed by atoms with Crippen LogP contribution in [0.15, 0.2) is 64.3 Å². The SMILES string of the molecule is Cc1cn([C@H]2C[C@H](OP(=O)(Oc3ccc(Cl)cc3)Oc3ccc(Cl)cc3)[C@@H](CO[Si](C)(C)C(C)(C)C)O2)c(=O)[nH]c1=O. The zero-order valence-corrected chi connectivity index (χ0v) is 27.7. The molecule has 0 aliphatic carbocycles. The van der Waals surface area contributed by atoms with Crippen LogP contribution in [0.3, 0.4) is 0 Å². The van der Waals surface area contributed by atoms with Gasteiger partial charge in [0.15, 0.2) is 8.32 Å². The number of nitrogens with zero attached hydrogens (tertiary/aromatic N) is 1. The lowest BCUT2D eigenvalue weighted by atomic mass is 10.2. The minimum Gasteiger partial charge on any atom is -0.414 e. The summed E-state index contributed by atoms with van der Waals surface area (Å²) in [6.45, 7) is 12.2. The Bertz CT molecular complexity index is 1500. The number of hydrogen-bond acceptors (Lipinski definition) is 8. The molecule has 1 aliphatic heterocycles. The average molecular weight is 658 g/mol. The molecule has 4 rings (SSSR count). The summed E-state index contributed by atoms with van der Waals surface area (Å²) in [6.07, 6.45) is -0.961. The van der Waals surface area contributed by atoms with Crippen molar-refractivity contribution in [1.82, 2.24) is 9.55 Å².